The van der Waals surface area contributed by atoms with Crippen LogP contribution < -0.4 is 0 Å². The average Bonchev–Trinajstić information content (AvgIpc) is 2.39. The largest absolute Gasteiger partial charge is 0.297 e. The summed E-state index contributed by atoms with van der Waals surface area (Å²) >= 11 is 0. The normalized spacial score (nSPS) is 17.7. The second-order valence-electron chi connectivity index (χ2n) is 5.34. The van der Waals surface area contributed by atoms with Gasteiger partial charge in [0.05, 0.1) is 0 Å². The van der Waals surface area contributed by atoms with E-state index in [1.807, 2.05) is 0 Å². The molecule has 2 nitrogen and oxygen atoms in total. The van der Waals surface area contributed by atoms with Crippen molar-refractivity contribution < 1.29 is 0 Å². The van der Waals surface area contributed by atoms with Crippen LogP contribution in [0.4, 0.5) is 0 Å². The van der Waals surface area contributed by atoms with Crippen molar-refractivity contribution in [2.45, 2.75) is 20.4 Å². The van der Waals surface area contributed by atoms with Gasteiger partial charge in [-0.25, -0.2) is 0 Å². The summed E-state index contributed by atoms with van der Waals surface area (Å²) < 4.78 is 0. The van der Waals surface area contributed by atoms with Crippen LogP contribution in [0.15, 0.2) is 42.0 Å². The molecule has 0 aliphatic carbocycles. The third-order valence-corrected chi connectivity index (χ3v) is 3.47. The maximum atomic E-state index is 2.55. The Hall–Kier alpha value is -1.12. The Morgan fingerprint density at radius 3 is 2.22 bits per heavy atom. The van der Waals surface area contributed by atoms with Gasteiger partial charge in [-0.2, -0.15) is 0 Å². The molecule has 1 aliphatic rings. The zero-order valence-corrected chi connectivity index (χ0v) is 11.6. The molecule has 0 bridgehead atoms. The van der Waals surface area contributed by atoms with Crippen LogP contribution in [0.3, 0.4) is 0 Å². The molecule has 0 saturated carbocycles. The van der Waals surface area contributed by atoms with Crippen LogP contribution in [0.5, 0.6) is 0 Å². The quantitative estimate of drug-likeness (QED) is 0.752. The van der Waals surface area contributed by atoms with Crippen LogP contribution in [-0.2, 0) is 6.54 Å². The van der Waals surface area contributed by atoms with Crippen molar-refractivity contribution in [3.05, 3.63) is 47.5 Å². The van der Waals surface area contributed by atoms with Gasteiger partial charge in [0.2, 0.25) is 0 Å². The van der Waals surface area contributed by atoms with Gasteiger partial charge in [0.25, 0.3) is 0 Å². The lowest BCUT2D eigenvalue weighted by Crippen LogP contribution is -2.45. The van der Waals surface area contributed by atoms with E-state index in [0.29, 0.717) is 0 Å². The summed E-state index contributed by atoms with van der Waals surface area (Å²) in [6.45, 7) is 11.3. The summed E-state index contributed by atoms with van der Waals surface area (Å²) in [6, 6.07) is 10.8. The first kappa shape index (κ1) is 13.3. The van der Waals surface area contributed by atoms with Crippen molar-refractivity contribution >= 4 is 0 Å². The van der Waals surface area contributed by atoms with Crippen LogP contribution in [-0.4, -0.2) is 42.5 Å². The molecule has 0 N–H and O–H groups in total. The molecule has 1 aromatic carbocycles. The topological polar surface area (TPSA) is 6.48 Å². The fraction of sp³-hybridized carbons (Fsp3) is 0.500. The average molecular weight is 244 g/mol. The Morgan fingerprint density at radius 1 is 1.00 bits per heavy atom. The van der Waals surface area contributed by atoms with Crippen LogP contribution in [0, 0.1) is 0 Å². The van der Waals surface area contributed by atoms with Crippen molar-refractivity contribution in [3.8, 4) is 0 Å². The van der Waals surface area contributed by atoms with Gasteiger partial charge in [-0.05, 0) is 19.4 Å². The molecule has 2 heteroatoms. The molecule has 0 atom stereocenters. The van der Waals surface area contributed by atoms with E-state index in [4.69, 9.17) is 0 Å². The Bertz CT molecular complexity index is 371. The second kappa shape index (κ2) is 6.72. The minimum Gasteiger partial charge on any atom is -0.297 e. The van der Waals surface area contributed by atoms with Gasteiger partial charge in [-0.1, -0.05) is 42.0 Å². The first-order valence-electron chi connectivity index (χ1n) is 6.86. The van der Waals surface area contributed by atoms with E-state index in [2.05, 4.69) is 60.1 Å². The van der Waals surface area contributed by atoms with E-state index in [-0.39, 0.29) is 0 Å². The van der Waals surface area contributed by atoms with Crippen molar-refractivity contribution in [1.29, 1.82) is 0 Å². The molecule has 18 heavy (non-hydrogen) atoms. The summed E-state index contributed by atoms with van der Waals surface area (Å²) in [7, 11) is 0. The molecule has 1 aromatic rings. The van der Waals surface area contributed by atoms with Gasteiger partial charge < -0.3 is 0 Å². The fourth-order valence-corrected chi connectivity index (χ4v) is 2.28. The highest BCUT2D eigenvalue weighted by molar-refractivity contribution is 5.14. The number of rotatable bonds is 4. The molecular weight excluding hydrogens is 220 g/mol. The molecule has 0 unspecified atom stereocenters. The third kappa shape index (κ3) is 4.28. The lowest BCUT2D eigenvalue weighted by molar-refractivity contribution is 0.137. The third-order valence-electron chi connectivity index (χ3n) is 3.47. The SMILES string of the molecule is CC(C)=CCN1CCN(Cc2ccccc2)CC1. The fourth-order valence-electron chi connectivity index (χ4n) is 2.28. The molecule has 1 heterocycles. The lowest BCUT2D eigenvalue weighted by Gasteiger charge is -2.34. The van der Waals surface area contributed by atoms with Crippen LogP contribution >= 0.6 is 0 Å². The number of allylic oxidation sites excluding steroid dienone is 1. The van der Waals surface area contributed by atoms with Crippen molar-refractivity contribution in [2.75, 3.05) is 32.7 Å². The minimum absolute atomic E-state index is 1.09. The van der Waals surface area contributed by atoms with Gasteiger partial charge >= 0.3 is 0 Å². The Labute approximate surface area is 111 Å². The summed E-state index contributed by atoms with van der Waals surface area (Å²) in [6.07, 6.45) is 2.33. The second-order valence-corrected chi connectivity index (χ2v) is 5.34. The molecule has 1 saturated heterocycles. The van der Waals surface area contributed by atoms with Gasteiger partial charge in [0.1, 0.15) is 0 Å². The molecular formula is C16H24N2. The van der Waals surface area contributed by atoms with Crippen molar-refractivity contribution in [2.24, 2.45) is 0 Å². The summed E-state index contributed by atoms with van der Waals surface area (Å²) in [5.74, 6) is 0. The lowest BCUT2D eigenvalue weighted by atomic mass is 10.2. The highest BCUT2D eigenvalue weighted by Gasteiger charge is 2.15. The van der Waals surface area contributed by atoms with E-state index >= 15 is 0 Å². The van der Waals surface area contributed by atoms with Crippen LogP contribution in [0.2, 0.25) is 0 Å². The van der Waals surface area contributed by atoms with E-state index in [9.17, 15) is 0 Å². The molecule has 98 valence electrons. The van der Waals surface area contributed by atoms with Gasteiger partial charge in [0.15, 0.2) is 0 Å². The summed E-state index contributed by atoms with van der Waals surface area (Å²) in [5, 5.41) is 0. The van der Waals surface area contributed by atoms with E-state index < -0.39 is 0 Å². The summed E-state index contributed by atoms with van der Waals surface area (Å²) in [5.41, 5.74) is 2.84. The smallest absolute Gasteiger partial charge is 0.0234 e. The predicted molar refractivity (Wildman–Crippen MR) is 77.6 cm³/mol. The van der Waals surface area contributed by atoms with E-state index in [1.54, 1.807) is 0 Å². The standard InChI is InChI=1S/C16H24N2/c1-15(2)8-9-17-10-12-18(13-11-17)14-16-6-4-3-5-7-16/h3-8H,9-14H2,1-2H3. The number of benzene rings is 1. The number of nitrogens with zero attached hydrogens (tertiary/aromatic N) is 2. The highest BCUT2D eigenvalue weighted by Crippen LogP contribution is 2.08. The Kier molecular flexibility index (Phi) is 4.97. The maximum absolute atomic E-state index is 2.55. The number of hydrogen-bond donors (Lipinski definition) is 0. The van der Waals surface area contributed by atoms with Gasteiger partial charge in [0, 0.05) is 39.3 Å². The van der Waals surface area contributed by atoms with Crippen molar-refractivity contribution in [3.63, 3.8) is 0 Å². The first-order chi connectivity index (χ1) is 8.74. The van der Waals surface area contributed by atoms with E-state index in [0.717, 1.165) is 13.1 Å². The molecule has 1 fully saturated rings. The summed E-state index contributed by atoms with van der Waals surface area (Å²) in [4.78, 5) is 5.09. The minimum atomic E-state index is 1.09. The predicted octanol–water partition coefficient (Wildman–Crippen LogP) is 2.77. The molecule has 0 spiro atoms. The first-order valence-corrected chi connectivity index (χ1v) is 6.86. The number of piperazine rings is 1. The molecule has 1 aliphatic heterocycles. The highest BCUT2D eigenvalue weighted by atomic mass is 15.3. The Balaban J connectivity index is 1.75. The number of hydrogen-bond acceptors (Lipinski definition) is 2. The zero-order chi connectivity index (χ0) is 12.8. The van der Waals surface area contributed by atoms with E-state index in [1.165, 1.54) is 37.3 Å². The van der Waals surface area contributed by atoms with Crippen molar-refractivity contribution in [1.82, 2.24) is 9.80 Å². The van der Waals surface area contributed by atoms with Crippen LogP contribution in [0.25, 0.3) is 0 Å². The molecule has 2 rings (SSSR count). The Morgan fingerprint density at radius 2 is 1.61 bits per heavy atom. The molecule has 0 aromatic heterocycles. The molecule has 0 radical (unpaired) electrons. The monoisotopic (exact) mass is 244 g/mol. The molecule has 0 amide bonds. The van der Waals surface area contributed by atoms with Gasteiger partial charge in [-0.15, -0.1) is 0 Å². The zero-order valence-electron chi connectivity index (χ0n) is 11.6. The van der Waals surface area contributed by atoms with Crippen LogP contribution in [0.1, 0.15) is 19.4 Å². The van der Waals surface area contributed by atoms with Gasteiger partial charge in [-0.3, -0.25) is 9.80 Å². The maximum Gasteiger partial charge on any atom is 0.0234 e.